The molecule has 1 amide bonds. The molecule has 0 aromatic heterocycles. The Hall–Kier alpha value is -0.650. The molecule has 0 bridgehead atoms. The maximum Gasteiger partial charge on any atom is 0.234 e. The standard InChI is InChI=1S/C10H20N2O3/c1-7(10(14-2)15-3)12-9(13)6-11-8-4-5-8/h7-8,10-11H,4-6H2,1-3H3,(H,12,13). The van der Waals surface area contributed by atoms with E-state index < -0.39 is 6.29 Å². The number of methoxy groups -OCH3 is 2. The Bertz CT molecular complexity index is 203. The van der Waals surface area contributed by atoms with Crippen molar-refractivity contribution < 1.29 is 14.3 Å². The molecule has 5 nitrogen and oxygen atoms in total. The second kappa shape index (κ2) is 6.05. The fourth-order valence-electron chi connectivity index (χ4n) is 1.40. The first-order valence-corrected chi connectivity index (χ1v) is 5.25. The zero-order valence-electron chi connectivity index (χ0n) is 9.58. The largest absolute Gasteiger partial charge is 0.354 e. The van der Waals surface area contributed by atoms with Crippen LogP contribution >= 0.6 is 0 Å². The Morgan fingerprint density at radius 3 is 2.47 bits per heavy atom. The van der Waals surface area contributed by atoms with Gasteiger partial charge in [-0.2, -0.15) is 0 Å². The molecular formula is C10H20N2O3. The van der Waals surface area contributed by atoms with Gasteiger partial charge in [0.1, 0.15) is 0 Å². The molecule has 1 fully saturated rings. The summed E-state index contributed by atoms with van der Waals surface area (Å²) in [5.74, 6) is -0.0199. The monoisotopic (exact) mass is 216 g/mol. The van der Waals surface area contributed by atoms with E-state index in [0.29, 0.717) is 12.6 Å². The van der Waals surface area contributed by atoms with Crippen LogP contribution in [0.4, 0.5) is 0 Å². The lowest BCUT2D eigenvalue weighted by Crippen LogP contribution is -2.46. The van der Waals surface area contributed by atoms with Crippen molar-refractivity contribution in [1.29, 1.82) is 0 Å². The quantitative estimate of drug-likeness (QED) is 0.582. The SMILES string of the molecule is COC(OC)C(C)NC(=O)CNC1CC1. The van der Waals surface area contributed by atoms with Crippen LogP contribution in [0, 0.1) is 0 Å². The number of rotatable bonds is 7. The molecule has 0 aromatic carbocycles. The minimum Gasteiger partial charge on any atom is -0.354 e. The minimum atomic E-state index is -0.394. The van der Waals surface area contributed by atoms with Crippen molar-refractivity contribution in [2.24, 2.45) is 0 Å². The summed E-state index contributed by atoms with van der Waals surface area (Å²) >= 11 is 0. The smallest absolute Gasteiger partial charge is 0.234 e. The number of hydrogen-bond donors (Lipinski definition) is 2. The molecule has 0 aliphatic heterocycles. The molecule has 0 radical (unpaired) electrons. The van der Waals surface area contributed by atoms with Gasteiger partial charge >= 0.3 is 0 Å². The topological polar surface area (TPSA) is 59.6 Å². The highest BCUT2D eigenvalue weighted by Gasteiger charge is 2.22. The van der Waals surface area contributed by atoms with Gasteiger partial charge in [-0.05, 0) is 19.8 Å². The van der Waals surface area contributed by atoms with Gasteiger partial charge in [-0.15, -0.1) is 0 Å². The van der Waals surface area contributed by atoms with Crippen LogP contribution in [0.15, 0.2) is 0 Å². The molecule has 1 unspecified atom stereocenters. The molecular weight excluding hydrogens is 196 g/mol. The van der Waals surface area contributed by atoms with E-state index in [1.807, 2.05) is 6.92 Å². The van der Waals surface area contributed by atoms with Gasteiger partial charge < -0.3 is 20.1 Å². The molecule has 2 N–H and O–H groups in total. The molecule has 0 aromatic rings. The molecule has 15 heavy (non-hydrogen) atoms. The average molecular weight is 216 g/mol. The van der Waals surface area contributed by atoms with Crippen LogP contribution in [0.2, 0.25) is 0 Å². The molecule has 88 valence electrons. The third kappa shape index (κ3) is 4.59. The van der Waals surface area contributed by atoms with Crippen LogP contribution in [-0.2, 0) is 14.3 Å². The molecule has 1 aliphatic rings. The zero-order valence-corrected chi connectivity index (χ0v) is 9.58. The van der Waals surface area contributed by atoms with E-state index in [1.165, 1.54) is 12.8 Å². The maximum absolute atomic E-state index is 11.4. The van der Waals surface area contributed by atoms with Crippen molar-refractivity contribution in [2.75, 3.05) is 20.8 Å². The molecule has 1 saturated carbocycles. The van der Waals surface area contributed by atoms with E-state index in [-0.39, 0.29) is 11.9 Å². The lowest BCUT2D eigenvalue weighted by atomic mass is 10.3. The second-order valence-corrected chi connectivity index (χ2v) is 3.85. The van der Waals surface area contributed by atoms with Crippen molar-refractivity contribution in [3.8, 4) is 0 Å². The number of nitrogens with one attached hydrogen (secondary N) is 2. The second-order valence-electron chi connectivity index (χ2n) is 3.85. The summed E-state index contributed by atoms with van der Waals surface area (Å²) in [5.41, 5.74) is 0. The van der Waals surface area contributed by atoms with Gasteiger partial charge in [0.05, 0.1) is 12.6 Å². The van der Waals surface area contributed by atoms with Crippen molar-refractivity contribution in [2.45, 2.75) is 38.1 Å². The minimum absolute atomic E-state index is 0.0199. The first kappa shape index (κ1) is 12.4. The fraction of sp³-hybridized carbons (Fsp3) is 0.900. The van der Waals surface area contributed by atoms with E-state index in [0.717, 1.165) is 0 Å². The number of ether oxygens (including phenoxy) is 2. The summed E-state index contributed by atoms with van der Waals surface area (Å²) in [7, 11) is 3.11. The highest BCUT2D eigenvalue weighted by molar-refractivity contribution is 5.78. The maximum atomic E-state index is 11.4. The first-order valence-electron chi connectivity index (χ1n) is 5.25. The molecule has 0 spiro atoms. The highest BCUT2D eigenvalue weighted by atomic mass is 16.7. The van der Waals surface area contributed by atoms with Crippen LogP contribution in [0.5, 0.6) is 0 Å². The number of amides is 1. The van der Waals surface area contributed by atoms with Crippen LogP contribution in [-0.4, -0.2) is 45.0 Å². The van der Waals surface area contributed by atoms with E-state index >= 15 is 0 Å². The average Bonchev–Trinajstić information content (AvgIpc) is 3.00. The first-order chi connectivity index (χ1) is 7.17. The van der Waals surface area contributed by atoms with Gasteiger partial charge in [0.2, 0.25) is 5.91 Å². The Morgan fingerprint density at radius 1 is 1.40 bits per heavy atom. The molecule has 1 aliphatic carbocycles. The molecule has 0 saturated heterocycles. The van der Waals surface area contributed by atoms with Crippen molar-refractivity contribution >= 4 is 5.91 Å². The lowest BCUT2D eigenvalue weighted by molar-refractivity contribution is -0.135. The summed E-state index contributed by atoms with van der Waals surface area (Å²) in [6, 6.07) is 0.403. The predicted molar refractivity (Wildman–Crippen MR) is 56.4 cm³/mol. The van der Waals surface area contributed by atoms with E-state index in [4.69, 9.17) is 9.47 Å². The van der Waals surface area contributed by atoms with E-state index in [1.54, 1.807) is 14.2 Å². The summed E-state index contributed by atoms with van der Waals surface area (Å²) in [6.45, 7) is 2.22. The van der Waals surface area contributed by atoms with Crippen LogP contribution in [0.3, 0.4) is 0 Å². The van der Waals surface area contributed by atoms with Gasteiger partial charge in [0.25, 0.3) is 0 Å². The summed E-state index contributed by atoms with van der Waals surface area (Å²) < 4.78 is 10.1. The van der Waals surface area contributed by atoms with Gasteiger partial charge in [-0.3, -0.25) is 4.79 Å². The fourth-order valence-corrected chi connectivity index (χ4v) is 1.40. The third-order valence-electron chi connectivity index (χ3n) is 2.39. The van der Waals surface area contributed by atoms with Crippen LogP contribution in [0.1, 0.15) is 19.8 Å². The van der Waals surface area contributed by atoms with Gasteiger partial charge in [0.15, 0.2) is 6.29 Å². The molecule has 0 heterocycles. The predicted octanol–water partition coefficient (Wildman–Crippen LogP) is -0.138. The van der Waals surface area contributed by atoms with E-state index in [9.17, 15) is 4.79 Å². The van der Waals surface area contributed by atoms with Gasteiger partial charge in [-0.25, -0.2) is 0 Å². The van der Waals surface area contributed by atoms with Gasteiger partial charge in [0, 0.05) is 20.3 Å². The molecule has 1 rings (SSSR count). The summed E-state index contributed by atoms with van der Waals surface area (Å²) in [5, 5.41) is 5.96. The van der Waals surface area contributed by atoms with Crippen molar-refractivity contribution in [3.05, 3.63) is 0 Å². The third-order valence-corrected chi connectivity index (χ3v) is 2.39. The summed E-state index contributed by atoms with van der Waals surface area (Å²) in [6.07, 6.45) is 1.97. The van der Waals surface area contributed by atoms with Crippen molar-refractivity contribution in [3.63, 3.8) is 0 Å². The Labute approximate surface area is 90.5 Å². The Morgan fingerprint density at radius 2 is 2.00 bits per heavy atom. The molecule has 1 atom stereocenters. The Kier molecular flexibility index (Phi) is 5.01. The summed E-state index contributed by atoms with van der Waals surface area (Å²) in [4.78, 5) is 11.4. The van der Waals surface area contributed by atoms with E-state index in [2.05, 4.69) is 10.6 Å². The van der Waals surface area contributed by atoms with Crippen LogP contribution in [0.25, 0.3) is 0 Å². The number of carbonyl (C=O) groups is 1. The Balaban J connectivity index is 2.16. The molecule has 5 heteroatoms. The number of carbonyl (C=O) groups excluding carboxylic acids is 1. The number of hydrogen-bond acceptors (Lipinski definition) is 4. The normalized spacial score (nSPS) is 17.9. The zero-order chi connectivity index (χ0) is 11.3. The van der Waals surface area contributed by atoms with Crippen LogP contribution < -0.4 is 10.6 Å². The highest BCUT2D eigenvalue weighted by Crippen LogP contribution is 2.17. The van der Waals surface area contributed by atoms with Gasteiger partial charge in [-0.1, -0.05) is 0 Å². The van der Waals surface area contributed by atoms with Crippen molar-refractivity contribution in [1.82, 2.24) is 10.6 Å². The lowest BCUT2D eigenvalue weighted by Gasteiger charge is -2.22.